The van der Waals surface area contributed by atoms with Crippen LogP contribution in [-0.4, -0.2) is 13.1 Å². The van der Waals surface area contributed by atoms with E-state index in [0.717, 1.165) is 5.69 Å². The predicted molar refractivity (Wildman–Crippen MR) is 86.0 cm³/mol. The predicted octanol–water partition coefficient (Wildman–Crippen LogP) is 3.65. The molecule has 4 nitrogen and oxygen atoms in total. The van der Waals surface area contributed by atoms with E-state index in [9.17, 15) is 0 Å². The minimum absolute atomic E-state index is 0.359. The number of anilines is 1. The van der Waals surface area contributed by atoms with Crippen LogP contribution in [0.4, 0.5) is 5.69 Å². The van der Waals surface area contributed by atoms with Gasteiger partial charge in [0.15, 0.2) is 5.96 Å². The number of benzene rings is 1. The molecule has 0 spiro atoms. The Hall–Kier alpha value is -1.72. The maximum atomic E-state index is 6.04. The Labute approximate surface area is 127 Å². The lowest BCUT2D eigenvalue weighted by Crippen LogP contribution is -2.22. The number of hydrogen-bond donors (Lipinski definition) is 2. The lowest BCUT2D eigenvalue weighted by atomic mass is 10.3. The Morgan fingerprint density at radius 1 is 1.40 bits per heavy atom. The van der Waals surface area contributed by atoms with Gasteiger partial charge in [-0.25, -0.2) is 4.99 Å². The molecule has 1 aromatic heterocycles. The van der Waals surface area contributed by atoms with Gasteiger partial charge in [0.05, 0.1) is 18.7 Å². The molecule has 20 heavy (non-hydrogen) atoms. The maximum Gasteiger partial charge on any atom is 0.193 e. The molecule has 2 rings (SSSR count). The molecule has 1 heterocycles. The summed E-state index contributed by atoms with van der Waals surface area (Å²) < 4.78 is 5.09. The SMILES string of the molecule is COc1ccc(NC(N)=NCc2ccc(C)s2)cc1Cl. The fourth-order valence-corrected chi connectivity index (χ4v) is 2.74. The molecular weight excluding hydrogens is 294 g/mol. The number of rotatable bonds is 4. The van der Waals surface area contributed by atoms with Crippen molar-refractivity contribution in [3.8, 4) is 5.75 Å². The molecule has 0 saturated carbocycles. The van der Waals surface area contributed by atoms with E-state index in [2.05, 4.69) is 29.4 Å². The van der Waals surface area contributed by atoms with E-state index in [4.69, 9.17) is 22.1 Å². The second-order valence-corrected chi connectivity index (χ2v) is 5.97. The number of aryl methyl sites for hydroxylation is 1. The molecule has 0 aliphatic heterocycles. The maximum absolute atomic E-state index is 6.04. The summed E-state index contributed by atoms with van der Waals surface area (Å²) in [5, 5.41) is 3.53. The van der Waals surface area contributed by atoms with E-state index in [1.54, 1.807) is 30.6 Å². The number of ether oxygens (including phenoxy) is 1. The van der Waals surface area contributed by atoms with Gasteiger partial charge < -0.3 is 15.8 Å². The Bertz CT molecular complexity index is 625. The lowest BCUT2D eigenvalue weighted by Gasteiger charge is -2.08. The molecule has 0 unspecified atom stereocenters. The van der Waals surface area contributed by atoms with Crippen LogP contribution in [-0.2, 0) is 6.54 Å². The highest BCUT2D eigenvalue weighted by Crippen LogP contribution is 2.27. The van der Waals surface area contributed by atoms with Gasteiger partial charge in [-0.3, -0.25) is 0 Å². The summed E-state index contributed by atoms with van der Waals surface area (Å²) in [5.74, 6) is 0.985. The third kappa shape index (κ3) is 3.88. The number of hydrogen-bond acceptors (Lipinski definition) is 3. The monoisotopic (exact) mass is 309 g/mol. The fourth-order valence-electron chi connectivity index (χ4n) is 1.66. The molecule has 2 aromatic rings. The molecule has 0 fully saturated rings. The summed E-state index contributed by atoms with van der Waals surface area (Å²) >= 11 is 7.76. The average Bonchev–Trinajstić information content (AvgIpc) is 2.82. The van der Waals surface area contributed by atoms with Crippen LogP contribution in [0.5, 0.6) is 5.75 Å². The highest BCUT2D eigenvalue weighted by Gasteiger charge is 2.02. The average molecular weight is 310 g/mol. The molecule has 1 aromatic carbocycles. The number of guanidine groups is 1. The normalized spacial score (nSPS) is 11.4. The van der Waals surface area contributed by atoms with E-state index in [1.165, 1.54) is 9.75 Å². The molecule has 106 valence electrons. The smallest absolute Gasteiger partial charge is 0.193 e. The molecule has 0 aliphatic carbocycles. The summed E-state index contributed by atoms with van der Waals surface area (Å²) in [7, 11) is 1.58. The van der Waals surface area contributed by atoms with Crippen molar-refractivity contribution in [1.29, 1.82) is 0 Å². The van der Waals surface area contributed by atoms with E-state index in [1.807, 2.05) is 6.07 Å². The number of halogens is 1. The van der Waals surface area contributed by atoms with E-state index in [0.29, 0.717) is 23.3 Å². The van der Waals surface area contributed by atoms with Crippen LogP contribution in [0.3, 0.4) is 0 Å². The van der Waals surface area contributed by atoms with Gasteiger partial charge in [0.2, 0.25) is 0 Å². The fraction of sp³-hybridized carbons (Fsp3) is 0.214. The zero-order chi connectivity index (χ0) is 14.5. The van der Waals surface area contributed by atoms with Crippen molar-refractivity contribution < 1.29 is 4.74 Å². The Kier molecular flexibility index (Phi) is 4.87. The van der Waals surface area contributed by atoms with Gasteiger partial charge in [0.25, 0.3) is 0 Å². The van der Waals surface area contributed by atoms with Crippen LogP contribution in [0, 0.1) is 6.92 Å². The first-order valence-electron chi connectivity index (χ1n) is 6.04. The van der Waals surface area contributed by atoms with Crippen LogP contribution in [0.1, 0.15) is 9.75 Å². The Morgan fingerprint density at radius 2 is 2.20 bits per heavy atom. The highest BCUT2D eigenvalue weighted by molar-refractivity contribution is 7.11. The van der Waals surface area contributed by atoms with Crippen molar-refractivity contribution in [2.45, 2.75) is 13.5 Å². The third-order valence-corrected chi connectivity index (χ3v) is 3.91. The number of nitrogens with two attached hydrogens (primary N) is 1. The minimum atomic E-state index is 0.359. The van der Waals surface area contributed by atoms with E-state index in [-0.39, 0.29) is 0 Å². The Balaban J connectivity index is 2.00. The summed E-state index contributed by atoms with van der Waals surface area (Å²) in [6, 6.07) is 9.49. The number of thiophene rings is 1. The number of aliphatic imine (C=N–C) groups is 1. The van der Waals surface area contributed by atoms with Crippen molar-refractivity contribution in [3.05, 3.63) is 45.1 Å². The van der Waals surface area contributed by atoms with Crippen molar-refractivity contribution in [3.63, 3.8) is 0 Å². The van der Waals surface area contributed by atoms with Crippen LogP contribution < -0.4 is 15.8 Å². The molecular formula is C14H16ClN3OS. The van der Waals surface area contributed by atoms with Crippen molar-refractivity contribution >= 4 is 34.6 Å². The second-order valence-electron chi connectivity index (χ2n) is 4.19. The first-order valence-corrected chi connectivity index (χ1v) is 7.23. The van der Waals surface area contributed by atoms with Gasteiger partial charge in [-0.1, -0.05) is 11.6 Å². The van der Waals surface area contributed by atoms with Crippen LogP contribution >= 0.6 is 22.9 Å². The number of methoxy groups -OCH3 is 1. The van der Waals surface area contributed by atoms with E-state index >= 15 is 0 Å². The van der Waals surface area contributed by atoms with Crippen molar-refractivity contribution in [2.24, 2.45) is 10.7 Å². The van der Waals surface area contributed by atoms with Crippen molar-refractivity contribution in [1.82, 2.24) is 0 Å². The van der Waals surface area contributed by atoms with Gasteiger partial charge in [0.1, 0.15) is 5.75 Å². The highest BCUT2D eigenvalue weighted by atomic mass is 35.5. The summed E-state index contributed by atoms with van der Waals surface area (Å²) in [4.78, 5) is 6.74. The molecule has 0 saturated heterocycles. The first kappa shape index (κ1) is 14.7. The lowest BCUT2D eigenvalue weighted by molar-refractivity contribution is 0.415. The summed E-state index contributed by atoms with van der Waals surface area (Å²) in [6.45, 7) is 2.64. The summed E-state index contributed by atoms with van der Waals surface area (Å²) in [6.07, 6.45) is 0. The molecule has 3 N–H and O–H groups in total. The Morgan fingerprint density at radius 3 is 2.80 bits per heavy atom. The minimum Gasteiger partial charge on any atom is -0.495 e. The zero-order valence-corrected chi connectivity index (χ0v) is 12.9. The molecule has 6 heteroatoms. The molecule has 0 aliphatic rings. The molecule has 0 radical (unpaired) electrons. The van der Waals surface area contributed by atoms with Gasteiger partial charge >= 0.3 is 0 Å². The quantitative estimate of drug-likeness (QED) is 0.669. The standard InChI is InChI=1S/C14H16ClN3OS/c1-9-3-5-11(20-9)8-17-14(16)18-10-4-6-13(19-2)12(15)7-10/h3-7H,8H2,1-2H3,(H3,16,17,18). The van der Waals surface area contributed by atoms with Crippen molar-refractivity contribution in [2.75, 3.05) is 12.4 Å². The molecule has 0 bridgehead atoms. The zero-order valence-electron chi connectivity index (χ0n) is 11.3. The van der Waals surface area contributed by atoms with Crippen LogP contribution in [0.25, 0.3) is 0 Å². The second kappa shape index (κ2) is 6.63. The van der Waals surface area contributed by atoms with Gasteiger partial charge in [-0.2, -0.15) is 0 Å². The van der Waals surface area contributed by atoms with Gasteiger partial charge in [-0.15, -0.1) is 11.3 Å². The molecule has 0 amide bonds. The van der Waals surface area contributed by atoms with Crippen LogP contribution in [0.15, 0.2) is 35.3 Å². The largest absolute Gasteiger partial charge is 0.495 e. The molecule has 0 atom stereocenters. The first-order chi connectivity index (χ1) is 9.58. The number of nitrogens with one attached hydrogen (secondary N) is 1. The topological polar surface area (TPSA) is 59.6 Å². The number of nitrogens with zero attached hydrogens (tertiary/aromatic N) is 1. The third-order valence-electron chi connectivity index (χ3n) is 2.63. The van der Waals surface area contributed by atoms with Gasteiger partial charge in [0, 0.05) is 15.4 Å². The van der Waals surface area contributed by atoms with Crippen LogP contribution in [0.2, 0.25) is 5.02 Å². The van der Waals surface area contributed by atoms with E-state index < -0.39 is 0 Å². The van der Waals surface area contributed by atoms with Gasteiger partial charge in [-0.05, 0) is 37.3 Å². The summed E-state index contributed by atoms with van der Waals surface area (Å²) in [5.41, 5.74) is 6.63.